The zero-order valence-electron chi connectivity index (χ0n) is 42.5. The molecule has 1 aromatic heterocycles. The van der Waals surface area contributed by atoms with Gasteiger partial charge in [-0.15, -0.1) is 0 Å². The third-order valence-corrected chi connectivity index (χ3v) is 11.2. The minimum atomic E-state index is -0.783. The van der Waals surface area contributed by atoms with Gasteiger partial charge in [0.1, 0.15) is 11.6 Å². The van der Waals surface area contributed by atoms with Crippen LogP contribution in [0.15, 0.2) is 133 Å². The average Bonchev–Trinajstić information content (AvgIpc) is 3.46. The molecule has 1 saturated heterocycles. The number of methoxy groups -OCH3 is 9. The van der Waals surface area contributed by atoms with Gasteiger partial charge in [0.05, 0.1) is 80.7 Å². The van der Waals surface area contributed by atoms with Crippen molar-refractivity contribution in [2.45, 2.75) is 0 Å². The number of carbonyl (C=O) groups is 3. The Bertz CT molecular complexity index is 2740. The van der Waals surface area contributed by atoms with Crippen LogP contribution >= 0.6 is 0 Å². The van der Waals surface area contributed by atoms with Gasteiger partial charge in [0, 0.05) is 23.1 Å². The number of nitrogens with zero attached hydrogens (tertiary/aromatic N) is 2. The number of anilines is 6. The van der Waals surface area contributed by atoms with Gasteiger partial charge in [-0.3, -0.25) is 0 Å². The summed E-state index contributed by atoms with van der Waals surface area (Å²) in [6, 6.07) is 38.2. The van der Waals surface area contributed by atoms with Crippen LogP contribution in [0, 0.1) is 0 Å². The number of rotatable bonds is 18. The van der Waals surface area contributed by atoms with Crippen LogP contribution in [0.5, 0.6) is 34.5 Å². The van der Waals surface area contributed by atoms with Crippen LogP contribution < -0.4 is 60.8 Å². The van der Waals surface area contributed by atoms with Crippen molar-refractivity contribution >= 4 is 90.3 Å². The smallest absolute Gasteiger partial charge is 0.467 e. The Morgan fingerprint density at radius 2 is 0.640 bits per heavy atom. The zero-order chi connectivity index (χ0) is 53.4. The Kier molecular flexibility index (Phi) is 18.4. The third kappa shape index (κ3) is 13.6. The minimum absolute atomic E-state index is 0.269. The van der Waals surface area contributed by atoms with Gasteiger partial charge in [0.15, 0.2) is 34.5 Å². The second kappa shape index (κ2) is 25.6. The maximum absolute atomic E-state index is 11.7. The fraction of sp³-hybridized carbons (Fsp3) is 0.173. The summed E-state index contributed by atoms with van der Waals surface area (Å²) >= 11 is 0. The van der Waals surface area contributed by atoms with E-state index < -0.39 is 39.3 Å². The van der Waals surface area contributed by atoms with E-state index in [1.54, 1.807) is 140 Å². The lowest BCUT2D eigenvalue weighted by Crippen LogP contribution is -2.61. The van der Waals surface area contributed by atoms with Gasteiger partial charge in [-0.25, -0.2) is 14.4 Å². The first kappa shape index (κ1) is 53.9. The lowest BCUT2D eigenvalue weighted by atomic mass is 9.61. The summed E-state index contributed by atoms with van der Waals surface area (Å²) in [6.07, 6.45) is 0. The second-order valence-electron chi connectivity index (χ2n) is 15.8. The van der Waals surface area contributed by atoms with Gasteiger partial charge >= 0.3 is 39.3 Å². The molecule has 0 bridgehead atoms. The highest BCUT2D eigenvalue weighted by atomic mass is 16.7. The second-order valence-corrected chi connectivity index (χ2v) is 15.8. The van der Waals surface area contributed by atoms with Crippen molar-refractivity contribution in [2.24, 2.45) is 0 Å². The maximum Gasteiger partial charge on any atom is 0.467 e. The lowest BCUT2D eigenvalue weighted by Gasteiger charge is -2.32. The van der Waals surface area contributed by atoms with Crippen LogP contribution in [0.1, 0.15) is 31.1 Å². The quantitative estimate of drug-likeness (QED) is 0.0483. The van der Waals surface area contributed by atoms with Gasteiger partial charge in [-0.05, 0) is 126 Å². The van der Waals surface area contributed by atoms with E-state index in [-0.39, 0.29) is 5.95 Å². The zero-order valence-corrected chi connectivity index (χ0v) is 42.5. The molecule has 0 amide bonds. The van der Waals surface area contributed by atoms with Crippen LogP contribution in [0.2, 0.25) is 0 Å². The van der Waals surface area contributed by atoms with Crippen molar-refractivity contribution in [2.75, 3.05) is 79.9 Å². The molecule has 1 aliphatic rings. The molecule has 2 heterocycles. The molecule has 0 aliphatic carbocycles. The first-order valence-electron chi connectivity index (χ1n) is 22.8. The molecule has 0 atom stereocenters. The van der Waals surface area contributed by atoms with Crippen molar-refractivity contribution in [1.29, 1.82) is 0 Å². The largest absolute Gasteiger partial charge is 0.493 e. The summed E-state index contributed by atoms with van der Waals surface area (Å²) in [4.78, 5) is 44.3. The Hall–Kier alpha value is -8.92. The van der Waals surface area contributed by atoms with Gasteiger partial charge in [0.25, 0.3) is 0 Å². The Balaban J connectivity index is 0.000000219. The molecule has 0 saturated carbocycles. The third-order valence-electron chi connectivity index (χ3n) is 11.2. The van der Waals surface area contributed by atoms with E-state index in [4.69, 9.17) is 56.3 Å². The molecular weight excluding hydrogens is 967 g/mol. The molecule has 75 heavy (non-hydrogen) atoms. The number of esters is 3. The summed E-state index contributed by atoms with van der Waals surface area (Å²) in [5.74, 6) is 3.34. The number of hydrogen-bond acceptors (Lipinski definition) is 20. The van der Waals surface area contributed by atoms with E-state index in [0.717, 1.165) is 16.4 Å². The van der Waals surface area contributed by atoms with E-state index in [2.05, 4.69) is 25.9 Å². The first-order chi connectivity index (χ1) is 36.4. The topological polar surface area (TPSA) is 224 Å². The Labute approximate surface area is 434 Å². The number of ether oxygens (including phenoxy) is 9. The maximum atomic E-state index is 11.7. The van der Waals surface area contributed by atoms with Crippen LogP contribution in [-0.2, 0) is 27.9 Å². The molecule has 1 aliphatic heterocycles. The van der Waals surface area contributed by atoms with E-state index in [9.17, 15) is 14.4 Å². The van der Waals surface area contributed by atoms with Gasteiger partial charge in [-0.2, -0.15) is 9.97 Å². The summed E-state index contributed by atoms with van der Waals surface area (Å²) in [5.41, 5.74) is 5.45. The molecule has 1 fully saturated rings. The molecule has 384 valence electrons. The molecule has 8 rings (SSSR count). The van der Waals surface area contributed by atoms with Crippen molar-refractivity contribution in [3.8, 4) is 34.5 Å². The molecule has 0 spiro atoms. The molecule has 0 radical (unpaired) electrons. The summed E-state index contributed by atoms with van der Waals surface area (Å²) in [6.45, 7) is 0. The van der Waals surface area contributed by atoms with Gasteiger partial charge < -0.3 is 72.3 Å². The fourth-order valence-electron chi connectivity index (χ4n) is 7.38. The number of carbonyl (C=O) groups excluding carboxylic acids is 3. The first-order valence-corrected chi connectivity index (χ1v) is 22.8. The molecule has 3 N–H and O–H groups in total. The van der Waals surface area contributed by atoms with Crippen LogP contribution in [0.4, 0.5) is 34.6 Å². The van der Waals surface area contributed by atoms with Crippen molar-refractivity contribution in [3.05, 3.63) is 150 Å². The van der Waals surface area contributed by atoms with Crippen molar-refractivity contribution in [1.82, 2.24) is 9.97 Å². The highest BCUT2D eigenvalue weighted by Gasteiger charge is 2.44. The van der Waals surface area contributed by atoms with Crippen LogP contribution in [-0.4, -0.2) is 113 Å². The minimum Gasteiger partial charge on any atom is -0.493 e. The predicted molar refractivity (Wildman–Crippen MR) is 283 cm³/mol. The SMILES string of the molecule is COC(=O)c1ccc(Nc2cc(Nc3ccc(C(=O)OC)cc3)nc(Nc3ccc(C(=O)OC)cc3)n2)cc1.COc1ccc(B2OB(c3ccc(OC)c(OC)c3)OB(c3ccc(OC)c(OC)c3)O2)cc1OC. The van der Waals surface area contributed by atoms with E-state index >= 15 is 0 Å². The van der Waals surface area contributed by atoms with Crippen molar-refractivity contribution in [3.63, 3.8) is 0 Å². The van der Waals surface area contributed by atoms with Gasteiger partial charge in [-0.1, -0.05) is 18.2 Å². The van der Waals surface area contributed by atoms with Crippen LogP contribution in [0.3, 0.4) is 0 Å². The van der Waals surface area contributed by atoms with E-state index in [1.165, 1.54) is 21.3 Å². The van der Waals surface area contributed by atoms with E-state index in [0.29, 0.717) is 79.9 Å². The molecule has 23 heteroatoms. The summed E-state index contributed by atoms with van der Waals surface area (Å²) < 4.78 is 65.6. The number of benzene rings is 6. The predicted octanol–water partition coefficient (Wildman–Crippen LogP) is 6.35. The van der Waals surface area contributed by atoms with Crippen molar-refractivity contribution < 1.29 is 70.7 Å². The molecule has 0 unspecified atom stereocenters. The standard InChI is InChI=1S/C28H25N5O6.C24H27B3O9/c1-37-25(34)17-4-10-20(11-5-17)29-23-16-24(30-21-12-6-18(7-13-21)26(35)38-2)33-28(32-23)31-22-14-8-19(9-15-22)27(36)39-3;1-28-19-10-7-16(13-22(19)31-4)25-34-26(17-8-11-20(29-2)23(14-17)32-5)36-27(35-25)18-9-12-21(30-3)24(15-18)33-6/h4-16H,1-3H3,(H3,29,30,31,32,33);7-15H,1-6H3. The fourth-order valence-corrected chi connectivity index (χ4v) is 7.38. The molecular formula is C52H52B3N5O15. The summed E-state index contributed by atoms with van der Waals surface area (Å²) in [5, 5.41) is 9.52. The normalized spacial score (nSPS) is 11.7. The van der Waals surface area contributed by atoms with Crippen LogP contribution in [0.25, 0.3) is 0 Å². The average molecular weight is 1020 g/mol. The highest BCUT2D eigenvalue weighted by Crippen LogP contribution is 2.30. The number of nitrogens with one attached hydrogen (secondary N) is 3. The van der Waals surface area contributed by atoms with Gasteiger partial charge in [0.2, 0.25) is 5.95 Å². The number of aromatic nitrogens is 2. The molecule has 7 aromatic rings. The summed E-state index contributed by atoms with van der Waals surface area (Å²) in [7, 11) is 11.1. The number of hydrogen-bond donors (Lipinski definition) is 3. The monoisotopic (exact) mass is 1020 g/mol. The molecule has 20 nitrogen and oxygen atoms in total. The van der Waals surface area contributed by atoms with E-state index in [1.807, 2.05) is 36.4 Å². The highest BCUT2D eigenvalue weighted by molar-refractivity contribution is 6.87. The lowest BCUT2D eigenvalue weighted by molar-refractivity contribution is 0.0592. The Morgan fingerprint density at radius 3 is 0.907 bits per heavy atom. The Morgan fingerprint density at radius 1 is 0.360 bits per heavy atom. The molecule has 6 aromatic carbocycles.